The number of rotatable bonds is 5. The molecule has 0 saturated carbocycles. The second-order valence-electron chi connectivity index (χ2n) is 4.54. The van der Waals surface area contributed by atoms with Gasteiger partial charge in [-0.05, 0) is 18.1 Å². The number of hydrogen-bond acceptors (Lipinski definition) is 1. The molecule has 0 heterocycles. The zero-order valence-electron chi connectivity index (χ0n) is 10.8. The third-order valence-electron chi connectivity index (χ3n) is 3.01. The Bertz CT molecular complexity index is 448. The van der Waals surface area contributed by atoms with Gasteiger partial charge < -0.3 is 5.32 Å². The molecule has 2 aromatic rings. The van der Waals surface area contributed by atoms with E-state index in [1.807, 2.05) is 6.92 Å². The average molecular weight is 237 g/mol. The van der Waals surface area contributed by atoms with Crippen molar-refractivity contribution in [2.75, 3.05) is 6.54 Å². The normalized spacial score (nSPS) is 10.3. The zero-order valence-corrected chi connectivity index (χ0v) is 10.8. The van der Waals surface area contributed by atoms with Gasteiger partial charge in [0.15, 0.2) is 0 Å². The second kappa shape index (κ2) is 6.06. The van der Waals surface area contributed by atoms with E-state index < -0.39 is 0 Å². The van der Waals surface area contributed by atoms with Gasteiger partial charge in [-0.25, -0.2) is 0 Å². The van der Waals surface area contributed by atoms with Crippen LogP contribution in [0.25, 0.3) is 0 Å². The maximum absolute atomic E-state index is 3.90. The molecular formula is C17H19N. The maximum Gasteiger partial charge on any atom is 0.0262 e. The Morgan fingerprint density at radius 3 is 1.78 bits per heavy atom. The van der Waals surface area contributed by atoms with Crippen LogP contribution in [0.4, 0.5) is 0 Å². The first kappa shape index (κ1) is 12.4. The Labute approximate surface area is 109 Å². The molecule has 0 aliphatic heterocycles. The van der Waals surface area contributed by atoms with Gasteiger partial charge in [0.05, 0.1) is 0 Å². The molecule has 1 heteroatoms. The van der Waals surface area contributed by atoms with Crippen LogP contribution < -0.4 is 5.32 Å². The lowest BCUT2D eigenvalue weighted by atomic mass is 9.91. The van der Waals surface area contributed by atoms with Crippen molar-refractivity contribution in [1.82, 2.24) is 5.32 Å². The van der Waals surface area contributed by atoms with E-state index in [0.29, 0.717) is 5.92 Å². The molecule has 18 heavy (non-hydrogen) atoms. The van der Waals surface area contributed by atoms with Crippen LogP contribution in [0.15, 0.2) is 72.9 Å². The minimum atomic E-state index is 0.365. The van der Waals surface area contributed by atoms with E-state index in [9.17, 15) is 0 Å². The smallest absolute Gasteiger partial charge is 0.0262 e. The summed E-state index contributed by atoms with van der Waals surface area (Å²) < 4.78 is 0. The molecule has 0 saturated heterocycles. The summed E-state index contributed by atoms with van der Waals surface area (Å²) in [7, 11) is 0. The topological polar surface area (TPSA) is 12.0 Å². The average Bonchev–Trinajstić information content (AvgIpc) is 2.41. The zero-order chi connectivity index (χ0) is 12.8. The monoisotopic (exact) mass is 237 g/mol. The molecule has 0 fully saturated rings. The largest absolute Gasteiger partial charge is 0.388 e. The van der Waals surface area contributed by atoms with E-state index in [2.05, 4.69) is 72.6 Å². The van der Waals surface area contributed by atoms with E-state index >= 15 is 0 Å². The highest BCUT2D eigenvalue weighted by molar-refractivity contribution is 5.32. The summed E-state index contributed by atoms with van der Waals surface area (Å²) in [6, 6.07) is 21.2. The van der Waals surface area contributed by atoms with Crippen molar-refractivity contribution in [1.29, 1.82) is 0 Å². The summed E-state index contributed by atoms with van der Waals surface area (Å²) in [6.07, 6.45) is 0. The maximum atomic E-state index is 3.90. The highest BCUT2D eigenvalue weighted by atomic mass is 14.9. The Morgan fingerprint density at radius 1 is 0.944 bits per heavy atom. The summed E-state index contributed by atoms with van der Waals surface area (Å²) in [5.74, 6) is 0.365. The van der Waals surface area contributed by atoms with Crippen LogP contribution in [-0.2, 0) is 0 Å². The van der Waals surface area contributed by atoms with Gasteiger partial charge in [0.2, 0.25) is 0 Å². The molecule has 0 aliphatic carbocycles. The Kier molecular flexibility index (Phi) is 4.19. The minimum absolute atomic E-state index is 0.365. The summed E-state index contributed by atoms with van der Waals surface area (Å²) in [4.78, 5) is 0. The van der Waals surface area contributed by atoms with Crippen molar-refractivity contribution in [3.05, 3.63) is 84.1 Å². The van der Waals surface area contributed by atoms with Gasteiger partial charge in [-0.1, -0.05) is 67.2 Å². The first-order chi connectivity index (χ1) is 8.77. The van der Waals surface area contributed by atoms with Gasteiger partial charge in [0, 0.05) is 18.2 Å². The summed E-state index contributed by atoms with van der Waals surface area (Å²) >= 11 is 0. The van der Waals surface area contributed by atoms with Crippen molar-refractivity contribution in [2.45, 2.75) is 12.8 Å². The minimum Gasteiger partial charge on any atom is -0.388 e. The van der Waals surface area contributed by atoms with E-state index in [1.165, 1.54) is 11.1 Å². The Balaban J connectivity index is 2.26. The summed E-state index contributed by atoms with van der Waals surface area (Å²) in [6.45, 7) is 6.77. The fourth-order valence-corrected chi connectivity index (χ4v) is 2.08. The van der Waals surface area contributed by atoms with Crippen LogP contribution >= 0.6 is 0 Å². The first-order valence-electron chi connectivity index (χ1n) is 6.26. The lowest BCUT2D eigenvalue weighted by Gasteiger charge is -2.19. The van der Waals surface area contributed by atoms with E-state index in [-0.39, 0.29) is 0 Å². The third kappa shape index (κ3) is 3.24. The van der Waals surface area contributed by atoms with Crippen LogP contribution in [0.1, 0.15) is 24.0 Å². The summed E-state index contributed by atoms with van der Waals surface area (Å²) in [5.41, 5.74) is 3.67. The predicted molar refractivity (Wildman–Crippen MR) is 77.5 cm³/mol. The molecule has 0 amide bonds. The van der Waals surface area contributed by atoms with Gasteiger partial charge >= 0.3 is 0 Å². The van der Waals surface area contributed by atoms with Gasteiger partial charge in [-0.15, -0.1) is 0 Å². The van der Waals surface area contributed by atoms with Crippen molar-refractivity contribution in [3.63, 3.8) is 0 Å². The number of benzene rings is 2. The van der Waals surface area contributed by atoms with E-state index in [1.54, 1.807) is 0 Å². The quantitative estimate of drug-likeness (QED) is 0.830. The second-order valence-corrected chi connectivity index (χ2v) is 4.54. The third-order valence-corrected chi connectivity index (χ3v) is 3.01. The SMILES string of the molecule is C=C(C)NCC(c1ccccc1)c1ccccc1. The van der Waals surface area contributed by atoms with Gasteiger partial charge in [0.25, 0.3) is 0 Å². The van der Waals surface area contributed by atoms with Crippen molar-refractivity contribution < 1.29 is 0 Å². The Hall–Kier alpha value is -2.02. The molecule has 0 aliphatic rings. The van der Waals surface area contributed by atoms with Crippen LogP contribution in [0.5, 0.6) is 0 Å². The molecule has 0 bridgehead atoms. The highest BCUT2D eigenvalue weighted by Gasteiger charge is 2.12. The fourth-order valence-electron chi connectivity index (χ4n) is 2.08. The molecule has 0 aromatic heterocycles. The number of allylic oxidation sites excluding steroid dienone is 1. The van der Waals surface area contributed by atoms with E-state index in [4.69, 9.17) is 0 Å². The van der Waals surface area contributed by atoms with Crippen molar-refractivity contribution >= 4 is 0 Å². The van der Waals surface area contributed by atoms with Crippen LogP contribution in [0.3, 0.4) is 0 Å². The predicted octanol–water partition coefficient (Wildman–Crippen LogP) is 3.94. The molecule has 1 nitrogen and oxygen atoms in total. The molecule has 0 spiro atoms. The molecule has 0 atom stereocenters. The van der Waals surface area contributed by atoms with E-state index in [0.717, 1.165) is 12.2 Å². The van der Waals surface area contributed by atoms with Crippen molar-refractivity contribution in [3.8, 4) is 0 Å². The van der Waals surface area contributed by atoms with Crippen LogP contribution in [0.2, 0.25) is 0 Å². The van der Waals surface area contributed by atoms with Gasteiger partial charge in [0.1, 0.15) is 0 Å². The molecule has 2 aromatic carbocycles. The van der Waals surface area contributed by atoms with Gasteiger partial charge in [-0.3, -0.25) is 0 Å². The standard InChI is InChI=1S/C17H19N/c1-14(2)18-13-17(15-9-5-3-6-10-15)16-11-7-4-8-12-16/h3-12,17-18H,1,13H2,2H3. The number of nitrogens with one attached hydrogen (secondary N) is 1. The first-order valence-corrected chi connectivity index (χ1v) is 6.26. The summed E-state index contributed by atoms with van der Waals surface area (Å²) in [5, 5.41) is 3.35. The highest BCUT2D eigenvalue weighted by Crippen LogP contribution is 2.23. The molecule has 92 valence electrons. The lowest BCUT2D eigenvalue weighted by Crippen LogP contribution is -2.20. The van der Waals surface area contributed by atoms with Gasteiger partial charge in [-0.2, -0.15) is 0 Å². The van der Waals surface area contributed by atoms with Crippen LogP contribution in [-0.4, -0.2) is 6.54 Å². The molecule has 1 N–H and O–H groups in total. The number of hydrogen-bond donors (Lipinski definition) is 1. The molecular weight excluding hydrogens is 218 g/mol. The van der Waals surface area contributed by atoms with Crippen molar-refractivity contribution in [2.24, 2.45) is 0 Å². The fraction of sp³-hybridized carbons (Fsp3) is 0.176. The molecule has 0 radical (unpaired) electrons. The van der Waals surface area contributed by atoms with Crippen LogP contribution in [0, 0.1) is 0 Å². The Morgan fingerprint density at radius 2 is 1.39 bits per heavy atom. The lowest BCUT2D eigenvalue weighted by molar-refractivity contribution is 0.710. The molecule has 2 rings (SSSR count). The molecule has 0 unspecified atom stereocenters.